The number of nitrogens with zero attached hydrogens (tertiary/aromatic N) is 2. The van der Waals surface area contributed by atoms with Gasteiger partial charge in [0.2, 0.25) is 0 Å². The van der Waals surface area contributed by atoms with E-state index in [1.165, 1.54) is 23.9 Å². The number of amidine groups is 1. The molecule has 1 aliphatic heterocycles. The second-order valence-electron chi connectivity index (χ2n) is 5.34. The number of hydrogen-bond donors (Lipinski definition) is 1. The zero-order valence-electron chi connectivity index (χ0n) is 13.1. The van der Waals surface area contributed by atoms with E-state index < -0.39 is 0 Å². The predicted molar refractivity (Wildman–Crippen MR) is 92.1 cm³/mol. The fourth-order valence-electron chi connectivity index (χ4n) is 2.29. The summed E-state index contributed by atoms with van der Waals surface area (Å²) in [4.78, 5) is 17.0. The minimum Gasteiger partial charge on any atom is -0.352 e. The minimum absolute atomic E-state index is 0.170. The van der Waals surface area contributed by atoms with Crippen LogP contribution in [0.3, 0.4) is 0 Å². The van der Waals surface area contributed by atoms with E-state index in [4.69, 9.17) is 0 Å². The molecule has 1 aliphatic rings. The second kappa shape index (κ2) is 6.04. The highest BCUT2D eigenvalue weighted by atomic mass is 32.2. The van der Waals surface area contributed by atoms with Crippen LogP contribution in [0.15, 0.2) is 40.2 Å². The molecule has 0 spiro atoms. The van der Waals surface area contributed by atoms with Crippen LogP contribution in [0.4, 0.5) is 10.1 Å². The van der Waals surface area contributed by atoms with E-state index in [9.17, 15) is 9.18 Å². The standard InChI is InChI=1S/C17H16FN3OS/c1-10-8-12(11(2)21(10)3)9-15-16(22)20-17(23-15)19-14-6-4-13(18)5-7-14/h4-9H,1-3H3,(H,19,20,22). The molecule has 1 saturated heterocycles. The highest BCUT2D eigenvalue weighted by Crippen LogP contribution is 2.29. The number of thioether (sulfide) groups is 1. The number of hydrogen-bond acceptors (Lipinski definition) is 3. The number of amides is 1. The first-order valence-electron chi connectivity index (χ1n) is 7.12. The van der Waals surface area contributed by atoms with Gasteiger partial charge in [-0.15, -0.1) is 0 Å². The lowest BCUT2D eigenvalue weighted by molar-refractivity contribution is -0.115. The first kappa shape index (κ1) is 15.6. The Kier molecular flexibility index (Phi) is 4.09. The molecular weight excluding hydrogens is 313 g/mol. The second-order valence-corrected chi connectivity index (χ2v) is 6.37. The Balaban J connectivity index is 1.86. The zero-order valence-corrected chi connectivity index (χ0v) is 13.9. The maximum Gasteiger partial charge on any atom is 0.264 e. The largest absolute Gasteiger partial charge is 0.352 e. The van der Waals surface area contributed by atoms with Crippen molar-refractivity contribution in [2.45, 2.75) is 13.8 Å². The molecule has 3 rings (SSSR count). The van der Waals surface area contributed by atoms with E-state index in [1.807, 2.05) is 33.0 Å². The van der Waals surface area contributed by atoms with E-state index in [-0.39, 0.29) is 11.7 Å². The van der Waals surface area contributed by atoms with Gasteiger partial charge in [-0.3, -0.25) is 4.79 Å². The molecule has 1 aromatic carbocycles. The Bertz CT molecular complexity index is 834. The number of nitrogens with one attached hydrogen (secondary N) is 1. The Hall–Kier alpha value is -2.34. The van der Waals surface area contributed by atoms with Crippen molar-refractivity contribution in [3.05, 3.63) is 58.0 Å². The number of aromatic nitrogens is 1. The molecular formula is C17H16FN3OS. The molecule has 118 valence electrons. The highest BCUT2D eigenvalue weighted by molar-refractivity contribution is 8.18. The summed E-state index contributed by atoms with van der Waals surface area (Å²) in [6.07, 6.45) is 1.87. The Morgan fingerprint density at radius 2 is 1.96 bits per heavy atom. The molecule has 1 aromatic heterocycles. The third-order valence-corrected chi connectivity index (χ3v) is 4.72. The molecule has 4 nitrogen and oxygen atoms in total. The van der Waals surface area contributed by atoms with Crippen molar-refractivity contribution in [2.75, 3.05) is 0 Å². The number of benzene rings is 1. The van der Waals surface area contributed by atoms with Gasteiger partial charge in [-0.2, -0.15) is 0 Å². The summed E-state index contributed by atoms with van der Waals surface area (Å²) >= 11 is 1.28. The summed E-state index contributed by atoms with van der Waals surface area (Å²) in [5, 5.41) is 3.23. The number of carbonyl (C=O) groups is 1. The SMILES string of the molecule is Cc1cc(C=C2SC(=Nc3ccc(F)cc3)NC2=O)c(C)n1C. The molecule has 0 aliphatic carbocycles. The number of carbonyl (C=O) groups excluding carboxylic acids is 1. The first-order valence-corrected chi connectivity index (χ1v) is 7.94. The van der Waals surface area contributed by atoms with E-state index >= 15 is 0 Å². The van der Waals surface area contributed by atoms with Crippen LogP contribution in [-0.2, 0) is 11.8 Å². The van der Waals surface area contributed by atoms with Crippen molar-refractivity contribution in [3.8, 4) is 0 Å². The van der Waals surface area contributed by atoms with Crippen LogP contribution >= 0.6 is 11.8 Å². The molecule has 0 atom stereocenters. The van der Waals surface area contributed by atoms with Gasteiger partial charge in [0.25, 0.3) is 5.91 Å². The van der Waals surface area contributed by atoms with Gasteiger partial charge in [-0.05, 0) is 67.6 Å². The van der Waals surface area contributed by atoms with Crippen LogP contribution in [0.1, 0.15) is 17.0 Å². The molecule has 1 fully saturated rings. The smallest absolute Gasteiger partial charge is 0.264 e. The molecule has 0 saturated carbocycles. The van der Waals surface area contributed by atoms with Crippen molar-refractivity contribution in [2.24, 2.45) is 12.0 Å². The Labute approximate surface area is 138 Å². The number of aliphatic imine (C=N–C) groups is 1. The van der Waals surface area contributed by atoms with Crippen molar-refractivity contribution in [1.82, 2.24) is 9.88 Å². The zero-order chi connectivity index (χ0) is 16.6. The van der Waals surface area contributed by atoms with Crippen LogP contribution in [0.5, 0.6) is 0 Å². The topological polar surface area (TPSA) is 46.4 Å². The van der Waals surface area contributed by atoms with Crippen molar-refractivity contribution in [3.63, 3.8) is 0 Å². The van der Waals surface area contributed by atoms with Gasteiger partial charge in [0, 0.05) is 18.4 Å². The van der Waals surface area contributed by atoms with E-state index in [1.54, 1.807) is 12.1 Å². The van der Waals surface area contributed by atoms with Crippen molar-refractivity contribution in [1.29, 1.82) is 0 Å². The molecule has 23 heavy (non-hydrogen) atoms. The van der Waals surface area contributed by atoms with Gasteiger partial charge in [0.05, 0.1) is 10.6 Å². The molecule has 1 amide bonds. The molecule has 0 radical (unpaired) electrons. The Morgan fingerprint density at radius 1 is 1.26 bits per heavy atom. The summed E-state index contributed by atoms with van der Waals surface area (Å²) < 4.78 is 15.0. The fraction of sp³-hybridized carbons (Fsp3) is 0.176. The number of halogens is 1. The molecule has 0 unspecified atom stereocenters. The third kappa shape index (κ3) is 3.22. The third-order valence-electron chi connectivity index (χ3n) is 3.81. The lowest BCUT2D eigenvalue weighted by atomic mass is 10.2. The molecule has 2 aromatic rings. The van der Waals surface area contributed by atoms with Crippen LogP contribution in [0, 0.1) is 19.7 Å². The summed E-state index contributed by atoms with van der Waals surface area (Å²) in [7, 11) is 2.00. The van der Waals surface area contributed by atoms with E-state index in [2.05, 4.69) is 14.9 Å². The van der Waals surface area contributed by atoms with Gasteiger partial charge in [0.15, 0.2) is 5.17 Å². The summed E-state index contributed by atoms with van der Waals surface area (Å²) in [6.45, 7) is 4.04. The van der Waals surface area contributed by atoms with Gasteiger partial charge >= 0.3 is 0 Å². The quantitative estimate of drug-likeness (QED) is 0.855. The van der Waals surface area contributed by atoms with Crippen LogP contribution in [0.2, 0.25) is 0 Å². The first-order chi connectivity index (χ1) is 10.9. The van der Waals surface area contributed by atoms with E-state index in [0.29, 0.717) is 15.8 Å². The van der Waals surface area contributed by atoms with Gasteiger partial charge in [-0.1, -0.05) is 0 Å². The average molecular weight is 329 g/mol. The summed E-state index contributed by atoms with van der Waals surface area (Å²) in [5.41, 5.74) is 3.86. The molecule has 2 heterocycles. The average Bonchev–Trinajstić information content (AvgIpc) is 2.97. The van der Waals surface area contributed by atoms with Gasteiger partial charge in [-0.25, -0.2) is 9.38 Å². The Morgan fingerprint density at radius 3 is 2.57 bits per heavy atom. The number of rotatable bonds is 2. The van der Waals surface area contributed by atoms with Gasteiger partial charge in [0.1, 0.15) is 5.82 Å². The maximum absolute atomic E-state index is 12.9. The fourth-order valence-corrected chi connectivity index (χ4v) is 3.12. The molecule has 0 bridgehead atoms. The normalized spacial score (nSPS) is 18.0. The lowest BCUT2D eigenvalue weighted by Crippen LogP contribution is -2.19. The molecule has 1 N–H and O–H groups in total. The van der Waals surface area contributed by atoms with Crippen LogP contribution in [0.25, 0.3) is 6.08 Å². The summed E-state index contributed by atoms with van der Waals surface area (Å²) in [6, 6.07) is 7.87. The lowest BCUT2D eigenvalue weighted by Gasteiger charge is -1.99. The summed E-state index contributed by atoms with van der Waals surface area (Å²) in [5.74, 6) is -0.482. The van der Waals surface area contributed by atoms with Crippen LogP contribution in [-0.4, -0.2) is 15.6 Å². The predicted octanol–water partition coefficient (Wildman–Crippen LogP) is 3.67. The van der Waals surface area contributed by atoms with Gasteiger partial charge < -0.3 is 9.88 Å². The molecule has 6 heteroatoms. The maximum atomic E-state index is 12.9. The highest BCUT2D eigenvalue weighted by Gasteiger charge is 2.24. The minimum atomic E-state index is -0.312. The number of aryl methyl sites for hydroxylation is 1. The van der Waals surface area contributed by atoms with Crippen molar-refractivity contribution >= 4 is 34.6 Å². The van der Waals surface area contributed by atoms with Crippen molar-refractivity contribution < 1.29 is 9.18 Å². The van der Waals surface area contributed by atoms with E-state index in [0.717, 1.165) is 17.0 Å². The van der Waals surface area contributed by atoms with Crippen LogP contribution < -0.4 is 5.32 Å². The monoisotopic (exact) mass is 329 g/mol.